The standard InChI is InChI=1S/C8H20N3O/c1-8(10-3,11-4)5-7(6-12)9-2/h7,9-11H,5-6H2,1-4H3. The fourth-order valence-corrected chi connectivity index (χ4v) is 1.07. The fraction of sp³-hybridized carbons (Fsp3) is 1.00. The summed E-state index contributed by atoms with van der Waals surface area (Å²) in [4.78, 5) is 0. The van der Waals surface area contributed by atoms with Gasteiger partial charge in [0.1, 0.15) is 0 Å². The van der Waals surface area contributed by atoms with Crippen molar-refractivity contribution >= 4 is 0 Å². The van der Waals surface area contributed by atoms with E-state index in [1.54, 1.807) is 0 Å². The van der Waals surface area contributed by atoms with Gasteiger partial charge in [0.25, 0.3) is 0 Å². The van der Waals surface area contributed by atoms with Gasteiger partial charge < -0.3 is 16.0 Å². The van der Waals surface area contributed by atoms with Gasteiger partial charge in [-0.1, -0.05) is 0 Å². The van der Waals surface area contributed by atoms with Gasteiger partial charge in [0.2, 0.25) is 0 Å². The van der Waals surface area contributed by atoms with Gasteiger partial charge in [0.15, 0.2) is 0 Å². The third-order valence-corrected chi connectivity index (χ3v) is 2.37. The van der Waals surface area contributed by atoms with Crippen LogP contribution in [-0.4, -0.2) is 39.5 Å². The second kappa shape index (κ2) is 5.48. The minimum absolute atomic E-state index is 0.0231. The minimum Gasteiger partial charge on any atom is -0.315 e. The van der Waals surface area contributed by atoms with Crippen LogP contribution in [0.2, 0.25) is 0 Å². The van der Waals surface area contributed by atoms with E-state index in [9.17, 15) is 5.11 Å². The Morgan fingerprint density at radius 3 is 2.00 bits per heavy atom. The maximum atomic E-state index is 10.7. The molecule has 0 aromatic rings. The molecule has 0 saturated heterocycles. The summed E-state index contributed by atoms with van der Waals surface area (Å²) in [7, 11) is 5.58. The first-order chi connectivity index (χ1) is 5.61. The van der Waals surface area contributed by atoms with Gasteiger partial charge in [-0.15, -0.1) is 0 Å². The third kappa shape index (κ3) is 3.49. The molecule has 0 aliphatic carbocycles. The predicted octanol–water partition coefficient (Wildman–Crippen LogP) is -0.450. The smallest absolute Gasteiger partial charge is 0.0976 e. The van der Waals surface area contributed by atoms with E-state index in [0.29, 0.717) is 0 Å². The zero-order valence-corrected chi connectivity index (χ0v) is 8.40. The van der Waals surface area contributed by atoms with E-state index in [1.165, 1.54) is 0 Å². The normalized spacial score (nSPS) is 14.8. The molecule has 0 aromatic heterocycles. The summed E-state index contributed by atoms with van der Waals surface area (Å²) < 4.78 is 0. The Bertz CT molecular complexity index is 111. The molecular weight excluding hydrogens is 154 g/mol. The van der Waals surface area contributed by atoms with Crippen molar-refractivity contribution < 1.29 is 5.11 Å². The van der Waals surface area contributed by atoms with Crippen LogP contribution in [0.3, 0.4) is 0 Å². The molecule has 0 saturated carbocycles. The summed E-state index contributed by atoms with van der Waals surface area (Å²) in [6.45, 7) is 1.95. The molecule has 0 aromatic carbocycles. The zero-order chi connectivity index (χ0) is 9.61. The number of likely N-dealkylation sites (N-methyl/N-ethyl adjacent to an activating group) is 1. The van der Waals surface area contributed by atoms with Gasteiger partial charge in [-0.05, 0) is 34.5 Å². The molecule has 0 heterocycles. The monoisotopic (exact) mass is 174 g/mol. The maximum Gasteiger partial charge on any atom is 0.0976 e. The molecule has 0 aliphatic heterocycles. The number of nitrogens with one attached hydrogen (secondary N) is 3. The van der Waals surface area contributed by atoms with Crippen molar-refractivity contribution in [3.63, 3.8) is 0 Å². The average molecular weight is 174 g/mol. The van der Waals surface area contributed by atoms with Gasteiger partial charge >= 0.3 is 0 Å². The highest BCUT2D eigenvalue weighted by atomic mass is 16.3. The van der Waals surface area contributed by atoms with Crippen LogP contribution >= 0.6 is 0 Å². The highest BCUT2D eigenvalue weighted by Gasteiger charge is 2.23. The van der Waals surface area contributed by atoms with E-state index in [0.717, 1.165) is 6.42 Å². The van der Waals surface area contributed by atoms with Crippen LogP contribution in [-0.2, 0) is 5.11 Å². The zero-order valence-electron chi connectivity index (χ0n) is 8.40. The van der Waals surface area contributed by atoms with Gasteiger partial charge in [-0.2, -0.15) is 0 Å². The second-order valence-corrected chi connectivity index (χ2v) is 3.19. The van der Waals surface area contributed by atoms with Crippen molar-refractivity contribution in [3.05, 3.63) is 0 Å². The molecule has 3 N–H and O–H groups in total. The Morgan fingerprint density at radius 1 is 1.25 bits per heavy atom. The van der Waals surface area contributed by atoms with Crippen molar-refractivity contribution in [3.8, 4) is 0 Å². The first kappa shape index (κ1) is 11.8. The third-order valence-electron chi connectivity index (χ3n) is 2.37. The first-order valence-electron chi connectivity index (χ1n) is 4.25. The molecule has 0 bridgehead atoms. The second-order valence-electron chi connectivity index (χ2n) is 3.19. The SMILES string of the molecule is CNC(C[O])CC(C)(NC)NC. The van der Waals surface area contributed by atoms with Crippen LogP contribution in [0, 0.1) is 0 Å². The van der Waals surface area contributed by atoms with Crippen LogP contribution in [0.5, 0.6) is 0 Å². The van der Waals surface area contributed by atoms with Crippen LogP contribution < -0.4 is 16.0 Å². The first-order valence-corrected chi connectivity index (χ1v) is 4.25. The predicted molar refractivity (Wildman–Crippen MR) is 49.5 cm³/mol. The largest absolute Gasteiger partial charge is 0.315 e. The van der Waals surface area contributed by atoms with Crippen molar-refractivity contribution in [1.29, 1.82) is 0 Å². The van der Waals surface area contributed by atoms with Crippen LogP contribution in [0.4, 0.5) is 0 Å². The molecule has 4 heteroatoms. The van der Waals surface area contributed by atoms with Crippen LogP contribution in [0.1, 0.15) is 13.3 Å². The summed E-state index contributed by atoms with van der Waals surface area (Å²) in [6, 6.07) is 0.0231. The molecule has 12 heavy (non-hydrogen) atoms. The molecule has 0 spiro atoms. The molecule has 1 radical (unpaired) electrons. The number of hydrogen-bond acceptors (Lipinski definition) is 3. The lowest BCUT2D eigenvalue weighted by molar-refractivity contribution is 0.135. The summed E-state index contributed by atoms with van der Waals surface area (Å²) in [6.07, 6.45) is 0.778. The highest BCUT2D eigenvalue weighted by molar-refractivity contribution is 4.82. The topological polar surface area (TPSA) is 56.0 Å². The van der Waals surface area contributed by atoms with Crippen LogP contribution in [0.15, 0.2) is 0 Å². The van der Waals surface area contributed by atoms with Gasteiger partial charge in [-0.25, -0.2) is 5.11 Å². The Hall–Kier alpha value is -0.160. The van der Waals surface area contributed by atoms with E-state index in [-0.39, 0.29) is 18.3 Å². The van der Waals surface area contributed by atoms with Crippen molar-refractivity contribution in [2.24, 2.45) is 0 Å². The molecule has 1 atom stereocenters. The highest BCUT2D eigenvalue weighted by Crippen LogP contribution is 2.06. The number of hydrogen-bond donors (Lipinski definition) is 3. The molecule has 0 rings (SSSR count). The van der Waals surface area contributed by atoms with Crippen molar-refractivity contribution in [2.75, 3.05) is 27.7 Å². The molecule has 0 amide bonds. The molecule has 73 valence electrons. The fourth-order valence-electron chi connectivity index (χ4n) is 1.07. The summed E-state index contributed by atoms with van der Waals surface area (Å²) in [5.74, 6) is 0. The lowest BCUT2D eigenvalue weighted by Crippen LogP contribution is -2.55. The Kier molecular flexibility index (Phi) is 5.41. The quantitative estimate of drug-likeness (QED) is 0.478. The van der Waals surface area contributed by atoms with Gasteiger partial charge in [0.05, 0.1) is 12.3 Å². The summed E-state index contributed by atoms with van der Waals surface area (Å²) >= 11 is 0. The van der Waals surface area contributed by atoms with E-state index in [4.69, 9.17) is 0 Å². The minimum atomic E-state index is -0.155. The molecule has 0 aliphatic rings. The number of rotatable bonds is 6. The van der Waals surface area contributed by atoms with E-state index in [2.05, 4.69) is 16.0 Å². The molecular formula is C8H20N3O. The van der Waals surface area contributed by atoms with Gasteiger partial charge in [-0.3, -0.25) is 0 Å². The lowest BCUT2D eigenvalue weighted by atomic mass is 10.0. The van der Waals surface area contributed by atoms with E-state index >= 15 is 0 Å². The van der Waals surface area contributed by atoms with Crippen molar-refractivity contribution in [2.45, 2.75) is 25.0 Å². The van der Waals surface area contributed by atoms with Crippen LogP contribution in [0.25, 0.3) is 0 Å². The summed E-state index contributed by atoms with van der Waals surface area (Å²) in [5.41, 5.74) is -0.155. The Morgan fingerprint density at radius 2 is 1.75 bits per heavy atom. The Labute approximate surface area is 74.7 Å². The molecule has 1 unspecified atom stereocenters. The Balaban J connectivity index is 3.99. The van der Waals surface area contributed by atoms with E-state index < -0.39 is 0 Å². The lowest BCUT2D eigenvalue weighted by Gasteiger charge is -2.31. The molecule has 4 nitrogen and oxygen atoms in total. The van der Waals surface area contributed by atoms with Gasteiger partial charge in [0, 0.05) is 6.04 Å². The van der Waals surface area contributed by atoms with E-state index in [1.807, 2.05) is 28.1 Å². The maximum absolute atomic E-state index is 10.7. The summed E-state index contributed by atoms with van der Waals surface area (Å²) in [5, 5.41) is 19.9. The average Bonchev–Trinajstić information content (AvgIpc) is 2.14. The molecule has 0 fully saturated rings. The van der Waals surface area contributed by atoms with Crippen molar-refractivity contribution in [1.82, 2.24) is 16.0 Å².